The van der Waals surface area contributed by atoms with Gasteiger partial charge in [-0.25, -0.2) is 0 Å². The van der Waals surface area contributed by atoms with Crippen LogP contribution in [-0.4, -0.2) is 66.5 Å². The fourth-order valence-corrected chi connectivity index (χ4v) is 8.98. The number of nitrogens with zero attached hydrogens (tertiary/aromatic N) is 4. The van der Waals surface area contributed by atoms with E-state index in [1.807, 2.05) is 4.90 Å². The first-order chi connectivity index (χ1) is 21.6. The van der Waals surface area contributed by atoms with Crippen LogP contribution in [0.1, 0.15) is 19.3 Å². The normalized spacial score (nSPS) is 10.7. The van der Waals surface area contributed by atoms with Crippen LogP contribution in [0.2, 0.25) is 0 Å². The molecule has 234 valence electrons. The summed E-state index contributed by atoms with van der Waals surface area (Å²) in [4.78, 5) is 11.0. The summed E-state index contributed by atoms with van der Waals surface area (Å²) in [6, 6.07) is 32.3. The van der Waals surface area contributed by atoms with Gasteiger partial charge in [0.05, 0.1) is 6.16 Å². The van der Waals surface area contributed by atoms with Crippen molar-refractivity contribution in [2.45, 2.75) is 19.3 Å². The zero-order valence-electron chi connectivity index (χ0n) is 25.8. The van der Waals surface area contributed by atoms with Crippen molar-refractivity contribution in [3.8, 4) is 24.7 Å². The standard InChI is InChI=1S/C27H31N5P.C7H13N5/c1-2-3-20-32(27(30)31-26(28)29)21-13-22-33(23-14-7-4-8-15-23,24-16-9-5-10-17-24)25-18-11-6-12-19-25;1-3-4-5-12(2)7(10)11-6(8)9/h1,4-12,14-19H,3,13,20-22H2,(H5,28,29,30,31);1H,4-5H2,2H3,(H5,8,9,10,11)/q+1;. The summed E-state index contributed by atoms with van der Waals surface area (Å²) in [7, 11) is -0.181. The summed E-state index contributed by atoms with van der Waals surface area (Å²) in [5.41, 5.74) is 21.5. The van der Waals surface area contributed by atoms with Crippen molar-refractivity contribution in [3.63, 3.8) is 0 Å². The molecule has 0 aliphatic carbocycles. The predicted molar refractivity (Wildman–Crippen MR) is 193 cm³/mol. The molecule has 0 bridgehead atoms. The van der Waals surface area contributed by atoms with Crippen molar-refractivity contribution in [1.82, 2.24) is 9.80 Å². The number of benzene rings is 3. The molecular weight excluding hydrogens is 579 g/mol. The van der Waals surface area contributed by atoms with Crippen molar-refractivity contribution in [1.29, 1.82) is 10.8 Å². The number of rotatable bonds is 11. The molecule has 0 spiro atoms. The van der Waals surface area contributed by atoms with Crippen LogP contribution in [0.4, 0.5) is 0 Å². The molecule has 0 fully saturated rings. The molecule has 10 N–H and O–H groups in total. The van der Waals surface area contributed by atoms with Gasteiger partial charge in [0.2, 0.25) is 11.9 Å². The number of hydrogen-bond donors (Lipinski definition) is 6. The number of guanidine groups is 4. The SMILES string of the molecule is C#CCCN(C)C(N)=NC(=N)N.C#CCCN(CCC[P+](c1ccccc1)(c1ccccc1)c1ccccc1)C(=N)N=C(N)N. The zero-order chi connectivity index (χ0) is 33.1. The second-order valence-corrected chi connectivity index (χ2v) is 13.5. The molecule has 3 aromatic rings. The third-order valence-electron chi connectivity index (χ3n) is 6.79. The lowest BCUT2D eigenvalue weighted by Gasteiger charge is -2.29. The zero-order valence-corrected chi connectivity index (χ0v) is 26.7. The minimum atomic E-state index is -1.92. The molecule has 0 aromatic heterocycles. The highest BCUT2D eigenvalue weighted by Crippen LogP contribution is 2.55. The second-order valence-electron chi connectivity index (χ2n) is 9.93. The summed E-state index contributed by atoms with van der Waals surface area (Å²) in [6.07, 6.45) is 13.5. The first-order valence-electron chi connectivity index (χ1n) is 14.4. The van der Waals surface area contributed by atoms with Crippen LogP contribution in [0, 0.1) is 35.5 Å². The van der Waals surface area contributed by atoms with Gasteiger partial charge in [0.15, 0.2) is 11.9 Å². The highest BCUT2D eigenvalue weighted by molar-refractivity contribution is 7.95. The van der Waals surface area contributed by atoms with Gasteiger partial charge in [-0.1, -0.05) is 54.6 Å². The number of nitrogens with one attached hydrogen (secondary N) is 2. The lowest BCUT2D eigenvalue weighted by molar-refractivity contribution is 0.421. The van der Waals surface area contributed by atoms with Crippen molar-refractivity contribution in [3.05, 3.63) is 91.0 Å². The van der Waals surface area contributed by atoms with Crippen molar-refractivity contribution < 1.29 is 0 Å². The van der Waals surface area contributed by atoms with Gasteiger partial charge in [-0.2, -0.15) is 9.98 Å². The van der Waals surface area contributed by atoms with E-state index in [1.165, 1.54) is 15.9 Å². The van der Waals surface area contributed by atoms with Crippen molar-refractivity contribution >= 4 is 47.0 Å². The Morgan fingerprint density at radius 2 is 1.16 bits per heavy atom. The number of terminal acetylenes is 2. The minimum Gasteiger partial charge on any atom is -0.370 e. The summed E-state index contributed by atoms with van der Waals surface area (Å²) < 4.78 is 0. The van der Waals surface area contributed by atoms with Crippen LogP contribution in [0.3, 0.4) is 0 Å². The maximum atomic E-state index is 8.30. The Hall–Kier alpha value is -5.31. The van der Waals surface area contributed by atoms with E-state index in [2.05, 4.69) is 113 Å². The molecule has 0 atom stereocenters. The largest absolute Gasteiger partial charge is 0.370 e. The van der Waals surface area contributed by atoms with Gasteiger partial charge in [0.1, 0.15) is 23.2 Å². The molecule has 3 rings (SSSR count). The smallest absolute Gasteiger partial charge is 0.221 e. The first-order valence-corrected chi connectivity index (χ1v) is 16.4. The summed E-state index contributed by atoms with van der Waals surface area (Å²) in [6.45, 7) is 1.80. The molecule has 0 aliphatic heterocycles. The molecule has 10 nitrogen and oxygen atoms in total. The van der Waals surface area contributed by atoms with Gasteiger partial charge in [-0.05, 0) is 42.8 Å². The Kier molecular flexibility index (Phi) is 15.2. The molecular formula is C34H44N10P+. The molecule has 0 saturated carbocycles. The summed E-state index contributed by atoms with van der Waals surface area (Å²) >= 11 is 0. The Morgan fingerprint density at radius 1 is 0.711 bits per heavy atom. The number of hydrogen-bond acceptors (Lipinski definition) is 2. The van der Waals surface area contributed by atoms with Crippen LogP contribution >= 0.6 is 7.26 Å². The maximum absolute atomic E-state index is 8.30. The van der Waals surface area contributed by atoms with E-state index in [-0.39, 0.29) is 23.8 Å². The molecule has 0 aliphatic rings. The molecule has 0 saturated heterocycles. The molecule has 11 heteroatoms. The van der Waals surface area contributed by atoms with Crippen LogP contribution < -0.4 is 38.8 Å². The average Bonchev–Trinajstić information content (AvgIpc) is 3.04. The maximum Gasteiger partial charge on any atom is 0.221 e. The van der Waals surface area contributed by atoms with Gasteiger partial charge in [-0.3, -0.25) is 10.8 Å². The monoisotopic (exact) mass is 623 g/mol. The van der Waals surface area contributed by atoms with Gasteiger partial charge < -0.3 is 32.7 Å². The summed E-state index contributed by atoms with van der Waals surface area (Å²) in [5, 5.41) is 19.2. The van der Waals surface area contributed by atoms with E-state index in [0.29, 0.717) is 32.5 Å². The first kappa shape index (κ1) is 35.9. The van der Waals surface area contributed by atoms with E-state index >= 15 is 0 Å². The Morgan fingerprint density at radius 3 is 1.56 bits per heavy atom. The molecule has 0 heterocycles. The van der Waals surface area contributed by atoms with E-state index in [0.717, 1.165) is 12.6 Å². The molecule has 0 radical (unpaired) electrons. The van der Waals surface area contributed by atoms with Crippen LogP contribution in [0.25, 0.3) is 0 Å². The average molecular weight is 624 g/mol. The highest BCUT2D eigenvalue weighted by atomic mass is 31.2. The van der Waals surface area contributed by atoms with E-state index in [4.69, 9.17) is 46.6 Å². The van der Waals surface area contributed by atoms with E-state index in [9.17, 15) is 0 Å². The predicted octanol–water partition coefficient (Wildman–Crippen LogP) is 2.05. The number of nitrogens with two attached hydrogens (primary N) is 4. The Balaban J connectivity index is 0.000000498. The van der Waals surface area contributed by atoms with Crippen molar-refractivity contribution in [2.24, 2.45) is 32.9 Å². The lowest BCUT2D eigenvalue weighted by atomic mass is 10.3. The van der Waals surface area contributed by atoms with E-state index < -0.39 is 7.26 Å². The van der Waals surface area contributed by atoms with Crippen LogP contribution in [0.15, 0.2) is 101 Å². The topological polar surface area (TPSA) is 183 Å². The molecule has 45 heavy (non-hydrogen) atoms. The van der Waals surface area contributed by atoms with Gasteiger partial charge in [0, 0.05) is 39.5 Å². The minimum absolute atomic E-state index is 0.0494. The number of aliphatic imine (C=N–C) groups is 2. The van der Waals surface area contributed by atoms with Gasteiger partial charge >= 0.3 is 0 Å². The second kappa shape index (κ2) is 19.1. The summed E-state index contributed by atoms with van der Waals surface area (Å²) in [5.74, 6) is 4.95. The lowest BCUT2D eigenvalue weighted by Crippen LogP contribution is -2.37. The Bertz CT molecular complexity index is 1390. The molecule has 0 amide bonds. The van der Waals surface area contributed by atoms with Gasteiger partial charge in [0.25, 0.3) is 0 Å². The van der Waals surface area contributed by atoms with Gasteiger partial charge in [-0.15, -0.1) is 24.7 Å². The Labute approximate surface area is 268 Å². The van der Waals surface area contributed by atoms with Crippen molar-refractivity contribution in [2.75, 3.05) is 32.8 Å². The fourth-order valence-electron chi connectivity index (χ4n) is 4.65. The molecule has 3 aromatic carbocycles. The quantitative estimate of drug-likeness (QED) is 0.0822. The highest BCUT2D eigenvalue weighted by Gasteiger charge is 2.44. The van der Waals surface area contributed by atoms with Crippen LogP contribution in [0.5, 0.6) is 0 Å². The molecule has 0 unspecified atom stereocenters. The third-order valence-corrected chi connectivity index (χ3v) is 11.3. The van der Waals surface area contributed by atoms with E-state index in [1.54, 1.807) is 11.9 Å². The van der Waals surface area contributed by atoms with Crippen LogP contribution in [-0.2, 0) is 0 Å². The fraction of sp³-hybridized carbons (Fsp3) is 0.235. The third kappa shape index (κ3) is 11.4.